The summed E-state index contributed by atoms with van der Waals surface area (Å²) >= 11 is 0. The van der Waals surface area contributed by atoms with Gasteiger partial charge in [0.05, 0.1) is 10.3 Å². The number of rotatable bonds is 4. The van der Waals surface area contributed by atoms with Gasteiger partial charge in [0.2, 0.25) is 10.0 Å². The van der Waals surface area contributed by atoms with Gasteiger partial charge in [0.15, 0.2) is 11.2 Å². The van der Waals surface area contributed by atoms with Gasteiger partial charge >= 0.3 is 0 Å². The summed E-state index contributed by atoms with van der Waals surface area (Å²) in [7, 11) is -3.63. The number of piperidine rings is 1. The number of anilines is 1. The van der Waals surface area contributed by atoms with Crippen LogP contribution in [0, 0.1) is 6.92 Å². The molecule has 0 aliphatic carbocycles. The maximum absolute atomic E-state index is 13.0. The number of fused-ring (bicyclic) bond motifs is 1. The van der Waals surface area contributed by atoms with Crippen molar-refractivity contribution < 1.29 is 17.6 Å². The van der Waals surface area contributed by atoms with Crippen LogP contribution in [0.2, 0.25) is 0 Å². The molecule has 8 heteroatoms. The third kappa shape index (κ3) is 3.88. The summed E-state index contributed by atoms with van der Waals surface area (Å²) in [5.41, 5.74) is 1.05. The van der Waals surface area contributed by atoms with Gasteiger partial charge in [-0.1, -0.05) is 24.6 Å². The molecule has 1 aliphatic rings. The van der Waals surface area contributed by atoms with Crippen molar-refractivity contribution in [3.63, 3.8) is 0 Å². The van der Waals surface area contributed by atoms with Crippen LogP contribution < -0.4 is 10.7 Å². The Kier molecular flexibility index (Phi) is 5.44. The van der Waals surface area contributed by atoms with Crippen LogP contribution in [-0.2, 0) is 10.0 Å². The van der Waals surface area contributed by atoms with Crippen molar-refractivity contribution in [2.45, 2.75) is 31.1 Å². The topological polar surface area (TPSA) is 96.7 Å². The molecule has 1 N–H and O–H groups in total. The largest absolute Gasteiger partial charge is 0.451 e. The number of hydrogen-bond acceptors (Lipinski definition) is 5. The molecule has 2 heterocycles. The van der Waals surface area contributed by atoms with Crippen molar-refractivity contribution in [2.24, 2.45) is 0 Å². The number of carbonyl (C=O) groups excluding carboxylic acids is 1. The number of aryl methyl sites for hydroxylation is 1. The molecular weight excluding hydrogens is 404 g/mol. The van der Waals surface area contributed by atoms with E-state index in [-0.39, 0.29) is 16.1 Å². The van der Waals surface area contributed by atoms with E-state index in [9.17, 15) is 18.0 Å². The minimum absolute atomic E-state index is 0.130. The van der Waals surface area contributed by atoms with Gasteiger partial charge in [-0.2, -0.15) is 4.31 Å². The number of benzene rings is 2. The number of amides is 1. The first-order valence-corrected chi connectivity index (χ1v) is 11.3. The summed E-state index contributed by atoms with van der Waals surface area (Å²) in [5, 5.41) is 3.07. The van der Waals surface area contributed by atoms with E-state index in [2.05, 4.69) is 5.32 Å². The molecule has 1 amide bonds. The highest BCUT2D eigenvalue weighted by Crippen LogP contribution is 2.25. The van der Waals surface area contributed by atoms with Crippen LogP contribution >= 0.6 is 0 Å². The van der Waals surface area contributed by atoms with Crippen LogP contribution in [0.5, 0.6) is 0 Å². The predicted molar refractivity (Wildman–Crippen MR) is 114 cm³/mol. The Balaban J connectivity index is 1.64. The van der Waals surface area contributed by atoms with Crippen molar-refractivity contribution in [2.75, 3.05) is 18.4 Å². The average molecular weight is 426 g/mol. The maximum Gasteiger partial charge on any atom is 0.291 e. The number of carbonyl (C=O) groups is 1. The lowest BCUT2D eigenvalue weighted by atomic mass is 10.2. The minimum atomic E-state index is -3.63. The van der Waals surface area contributed by atoms with Crippen LogP contribution in [0.3, 0.4) is 0 Å². The van der Waals surface area contributed by atoms with Gasteiger partial charge in [-0.25, -0.2) is 8.42 Å². The van der Waals surface area contributed by atoms with Crippen LogP contribution in [0.4, 0.5) is 5.69 Å². The molecule has 0 bridgehead atoms. The molecule has 3 aromatic rings. The predicted octanol–water partition coefficient (Wildman–Crippen LogP) is 3.53. The lowest BCUT2D eigenvalue weighted by Gasteiger charge is -2.26. The number of hydrogen-bond donors (Lipinski definition) is 1. The summed E-state index contributed by atoms with van der Waals surface area (Å²) in [6.07, 6.45) is 2.71. The number of sulfonamides is 1. The van der Waals surface area contributed by atoms with Crippen molar-refractivity contribution in [3.8, 4) is 0 Å². The molecule has 0 saturated carbocycles. The third-order valence-corrected chi connectivity index (χ3v) is 7.16. The van der Waals surface area contributed by atoms with E-state index >= 15 is 0 Å². The second-order valence-corrected chi connectivity index (χ2v) is 9.30. The van der Waals surface area contributed by atoms with E-state index < -0.39 is 15.9 Å². The maximum atomic E-state index is 13.0. The smallest absolute Gasteiger partial charge is 0.291 e. The fraction of sp³-hybridized carbons (Fsp3) is 0.273. The van der Waals surface area contributed by atoms with Crippen molar-refractivity contribution in [1.82, 2.24) is 4.31 Å². The van der Waals surface area contributed by atoms with Crippen LogP contribution in [0.1, 0.15) is 35.4 Å². The van der Waals surface area contributed by atoms with Crippen molar-refractivity contribution in [3.05, 3.63) is 70.1 Å². The third-order valence-electron chi connectivity index (χ3n) is 5.27. The standard InChI is InChI=1S/C22H22N2O5S/c1-15-9-10-16(30(27,28)24-11-5-2-6-12-24)13-18(15)23-22(26)21-14-19(25)17-7-3-4-8-20(17)29-21/h3-4,7-10,13-14H,2,5-6,11-12H2,1H3,(H,23,26). The zero-order valence-electron chi connectivity index (χ0n) is 16.6. The molecule has 7 nitrogen and oxygen atoms in total. The first-order chi connectivity index (χ1) is 14.4. The van der Waals surface area contributed by atoms with Crippen LogP contribution in [-0.4, -0.2) is 31.7 Å². The van der Waals surface area contributed by atoms with Gasteiger partial charge in [0.25, 0.3) is 5.91 Å². The molecule has 4 rings (SSSR count). The SMILES string of the molecule is Cc1ccc(S(=O)(=O)N2CCCCC2)cc1NC(=O)c1cc(=O)c2ccccc2o1. The van der Waals surface area contributed by atoms with Gasteiger partial charge in [0, 0.05) is 24.8 Å². The first kappa shape index (κ1) is 20.3. The zero-order chi connectivity index (χ0) is 21.3. The van der Waals surface area contributed by atoms with E-state index in [1.807, 2.05) is 0 Å². The average Bonchev–Trinajstić information content (AvgIpc) is 2.75. The molecule has 2 aromatic carbocycles. The van der Waals surface area contributed by atoms with Gasteiger partial charge in [0.1, 0.15) is 5.58 Å². The summed E-state index contributed by atoms with van der Waals surface area (Å²) in [4.78, 5) is 25.1. The van der Waals surface area contributed by atoms with E-state index in [1.54, 1.807) is 43.3 Å². The molecule has 0 radical (unpaired) electrons. The Morgan fingerprint density at radius 2 is 1.77 bits per heavy atom. The fourth-order valence-corrected chi connectivity index (χ4v) is 5.09. The van der Waals surface area contributed by atoms with Crippen LogP contribution in [0.25, 0.3) is 11.0 Å². The Morgan fingerprint density at radius 3 is 2.53 bits per heavy atom. The highest BCUT2D eigenvalue weighted by atomic mass is 32.2. The second-order valence-electron chi connectivity index (χ2n) is 7.37. The summed E-state index contributed by atoms with van der Waals surface area (Å²) in [6.45, 7) is 2.77. The van der Waals surface area contributed by atoms with Gasteiger partial charge in [-0.15, -0.1) is 0 Å². The van der Waals surface area contributed by atoms with Gasteiger partial charge in [-0.05, 0) is 49.6 Å². The molecule has 0 unspecified atom stereocenters. The van der Waals surface area contributed by atoms with E-state index in [0.29, 0.717) is 35.3 Å². The van der Waals surface area contributed by atoms with E-state index in [0.717, 1.165) is 25.3 Å². The Labute approximate surface area is 174 Å². The fourth-order valence-electron chi connectivity index (χ4n) is 3.55. The number of para-hydroxylation sites is 1. The first-order valence-electron chi connectivity index (χ1n) is 9.81. The minimum Gasteiger partial charge on any atom is -0.451 e. The molecule has 1 aromatic heterocycles. The zero-order valence-corrected chi connectivity index (χ0v) is 17.4. The van der Waals surface area contributed by atoms with E-state index in [4.69, 9.17) is 4.42 Å². The Morgan fingerprint density at radius 1 is 1.03 bits per heavy atom. The summed E-state index contributed by atoms with van der Waals surface area (Å²) in [5.74, 6) is -0.754. The van der Waals surface area contributed by atoms with Gasteiger partial charge < -0.3 is 9.73 Å². The normalized spacial score (nSPS) is 15.2. The molecule has 1 aliphatic heterocycles. The van der Waals surface area contributed by atoms with Crippen molar-refractivity contribution in [1.29, 1.82) is 0 Å². The number of nitrogens with one attached hydrogen (secondary N) is 1. The quantitative estimate of drug-likeness (QED) is 0.688. The van der Waals surface area contributed by atoms with Crippen LogP contribution in [0.15, 0.2) is 62.6 Å². The molecule has 0 spiro atoms. The molecule has 156 valence electrons. The molecule has 0 atom stereocenters. The lowest BCUT2D eigenvalue weighted by molar-refractivity contribution is 0.0997. The summed E-state index contributed by atoms with van der Waals surface area (Å²) in [6, 6.07) is 12.5. The molecule has 30 heavy (non-hydrogen) atoms. The van der Waals surface area contributed by atoms with E-state index in [1.165, 1.54) is 10.4 Å². The molecular formula is C22H22N2O5S. The molecule has 1 fully saturated rings. The second kappa shape index (κ2) is 8.04. The highest BCUT2D eigenvalue weighted by Gasteiger charge is 2.26. The highest BCUT2D eigenvalue weighted by molar-refractivity contribution is 7.89. The van der Waals surface area contributed by atoms with Crippen molar-refractivity contribution >= 4 is 32.6 Å². The monoisotopic (exact) mass is 426 g/mol. The van der Waals surface area contributed by atoms with Gasteiger partial charge in [-0.3, -0.25) is 9.59 Å². The molecule has 1 saturated heterocycles. The Hall–Kier alpha value is -2.97. The summed E-state index contributed by atoms with van der Waals surface area (Å²) < 4.78 is 33.0. The lowest BCUT2D eigenvalue weighted by Crippen LogP contribution is -2.35. The number of nitrogens with zero attached hydrogens (tertiary/aromatic N) is 1. The Bertz CT molecular complexity index is 1270.